The summed E-state index contributed by atoms with van der Waals surface area (Å²) in [4.78, 5) is 18.3. The second-order valence-electron chi connectivity index (χ2n) is 6.74. The Morgan fingerprint density at radius 1 is 1.30 bits per heavy atom. The Kier molecular flexibility index (Phi) is 4.30. The van der Waals surface area contributed by atoms with Gasteiger partial charge < -0.3 is 19.2 Å². The molecule has 140 valence electrons. The minimum absolute atomic E-state index is 0.150. The van der Waals surface area contributed by atoms with Crippen LogP contribution in [0, 0.1) is 0 Å². The van der Waals surface area contributed by atoms with E-state index < -0.39 is 0 Å². The second-order valence-corrected chi connectivity index (χ2v) is 6.74. The lowest BCUT2D eigenvalue weighted by molar-refractivity contribution is 0.0847. The zero-order valence-electron chi connectivity index (χ0n) is 15.2. The number of likely N-dealkylation sites (tertiary alicyclic amines) is 1. The van der Waals surface area contributed by atoms with Gasteiger partial charge in [0.05, 0.1) is 12.0 Å². The summed E-state index contributed by atoms with van der Waals surface area (Å²) in [5, 5.41) is 19.0. The molecule has 0 radical (unpaired) electrons. The van der Waals surface area contributed by atoms with Crippen LogP contribution in [-0.4, -0.2) is 54.0 Å². The van der Waals surface area contributed by atoms with Crippen molar-refractivity contribution in [3.63, 3.8) is 0 Å². The van der Waals surface area contributed by atoms with Gasteiger partial charge in [-0.3, -0.25) is 4.98 Å². The molecule has 4 rings (SSSR count). The number of aryl methyl sites for hydroxylation is 1. The van der Waals surface area contributed by atoms with Gasteiger partial charge in [-0.25, -0.2) is 4.79 Å². The van der Waals surface area contributed by atoms with Crippen molar-refractivity contribution in [2.24, 2.45) is 0 Å². The maximum absolute atomic E-state index is 12.3. The third-order valence-corrected chi connectivity index (χ3v) is 4.63. The summed E-state index contributed by atoms with van der Waals surface area (Å²) in [7, 11) is 0. The maximum Gasteiger partial charge on any atom is 0.317 e. The predicted octanol–water partition coefficient (Wildman–Crippen LogP) is 1.23. The first kappa shape index (κ1) is 17.1. The number of aromatic nitrogens is 6. The highest BCUT2D eigenvalue weighted by atomic mass is 16.4. The largest absolute Gasteiger partial charge is 0.419 e. The van der Waals surface area contributed by atoms with E-state index >= 15 is 0 Å². The Bertz CT molecular complexity index is 929. The highest BCUT2D eigenvalue weighted by molar-refractivity contribution is 5.75. The monoisotopic (exact) mass is 368 g/mol. The molecule has 10 nitrogen and oxygen atoms in total. The molecule has 27 heavy (non-hydrogen) atoms. The van der Waals surface area contributed by atoms with Crippen LogP contribution in [0.25, 0.3) is 11.6 Å². The molecule has 1 saturated heterocycles. The molecule has 4 heterocycles. The van der Waals surface area contributed by atoms with Crippen LogP contribution in [0.2, 0.25) is 0 Å². The van der Waals surface area contributed by atoms with Crippen LogP contribution >= 0.6 is 0 Å². The molecule has 1 aliphatic rings. The summed E-state index contributed by atoms with van der Waals surface area (Å²) in [5.41, 5.74) is 0.273. The average molecular weight is 368 g/mol. The van der Waals surface area contributed by atoms with Crippen molar-refractivity contribution in [1.29, 1.82) is 0 Å². The first-order valence-corrected chi connectivity index (χ1v) is 8.74. The van der Waals surface area contributed by atoms with E-state index in [1.165, 1.54) is 0 Å². The Morgan fingerprint density at radius 2 is 2.15 bits per heavy atom. The quantitative estimate of drug-likeness (QED) is 0.720. The number of carbonyl (C=O) groups is 1. The molecule has 10 heteroatoms. The number of rotatable bonds is 5. The van der Waals surface area contributed by atoms with Gasteiger partial charge in [-0.05, 0) is 26.0 Å². The highest BCUT2D eigenvalue weighted by Gasteiger charge is 2.46. The lowest BCUT2D eigenvalue weighted by Gasteiger charge is -2.45. The van der Waals surface area contributed by atoms with Gasteiger partial charge in [0.25, 0.3) is 5.89 Å². The summed E-state index contributed by atoms with van der Waals surface area (Å²) in [6.07, 6.45) is 3.33. The summed E-state index contributed by atoms with van der Waals surface area (Å²) >= 11 is 0. The number of nitrogens with zero attached hydrogens (tertiary/aromatic N) is 7. The molecule has 0 atom stereocenters. The molecule has 1 fully saturated rings. The predicted molar refractivity (Wildman–Crippen MR) is 94.4 cm³/mol. The van der Waals surface area contributed by atoms with E-state index in [2.05, 4.69) is 30.7 Å². The molecule has 0 saturated carbocycles. The van der Waals surface area contributed by atoms with E-state index in [-0.39, 0.29) is 11.4 Å². The standard InChI is InChI=1S/C17H20N8O2/c1-3-24-11-20-21-13(24)8-19-16(26)25-9-17(2,10-25)15-23-22-14(27-15)12-6-4-5-7-18-12/h4-7,11H,3,8-10H2,1-2H3,(H,19,26). The summed E-state index contributed by atoms with van der Waals surface area (Å²) in [6.45, 7) is 6.10. The SMILES string of the molecule is CCn1cnnc1CNC(=O)N1CC(C)(c2nnc(-c3ccccn3)o2)C1. The van der Waals surface area contributed by atoms with E-state index in [0.29, 0.717) is 37.1 Å². The van der Waals surface area contributed by atoms with E-state index in [1.54, 1.807) is 17.4 Å². The van der Waals surface area contributed by atoms with Crippen molar-refractivity contribution < 1.29 is 9.21 Å². The highest BCUT2D eigenvalue weighted by Crippen LogP contribution is 2.34. The molecule has 3 aromatic rings. The lowest BCUT2D eigenvalue weighted by Crippen LogP contribution is -2.62. The molecule has 1 aliphatic heterocycles. The van der Waals surface area contributed by atoms with Crippen LogP contribution in [-0.2, 0) is 18.5 Å². The number of pyridine rings is 1. The van der Waals surface area contributed by atoms with Crippen LogP contribution < -0.4 is 5.32 Å². The minimum atomic E-state index is -0.360. The van der Waals surface area contributed by atoms with Crippen molar-refractivity contribution in [2.45, 2.75) is 32.4 Å². The summed E-state index contributed by atoms with van der Waals surface area (Å²) < 4.78 is 7.68. The smallest absolute Gasteiger partial charge is 0.317 e. The Morgan fingerprint density at radius 3 is 2.89 bits per heavy atom. The number of amides is 2. The first-order chi connectivity index (χ1) is 13.1. The molecular weight excluding hydrogens is 348 g/mol. The van der Waals surface area contributed by atoms with Crippen molar-refractivity contribution in [3.8, 4) is 11.6 Å². The van der Waals surface area contributed by atoms with Crippen LogP contribution in [0.3, 0.4) is 0 Å². The van der Waals surface area contributed by atoms with Gasteiger partial charge in [-0.15, -0.1) is 20.4 Å². The van der Waals surface area contributed by atoms with Crippen LogP contribution in [0.4, 0.5) is 4.79 Å². The fourth-order valence-corrected chi connectivity index (χ4v) is 3.08. The topological polar surface area (TPSA) is 115 Å². The van der Waals surface area contributed by atoms with E-state index in [4.69, 9.17) is 4.42 Å². The van der Waals surface area contributed by atoms with E-state index in [9.17, 15) is 4.79 Å². The zero-order valence-corrected chi connectivity index (χ0v) is 15.2. The van der Waals surface area contributed by atoms with Crippen molar-refractivity contribution in [1.82, 2.24) is 40.2 Å². The zero-order chi connectivity index (χ0) is 18.9. The van der Waals surface area contributed by atoms with Gasteiger partial charge in [-0.2, -0.15) is 0 Å². The number of nitrogens with one attached hydrogen (secondary N) is 1. The fourth-order valence-electron chi connectivity index (χ4n) is 3.08. The van der Waals surface area contributed by atoms with E-state index in [1.807, 2.05) is 36.6 Å². The summed E-state index contributed by atoms with van der Waals surface area (Å²) in [5.74, 6) is 1.62. The van der Waals surface area contributed by atoms with E-state index in [0.717, 1.165) is 12.4 Å². The maximum atomic E-state index is 12.3. The minimum Gasteiger partial charge on any atom is -0.419 e. The number of carbonyl (C=O) groups excluding carboxylic acids is 1. The third kappa shape index (κ3) is 3.25. The van der Waals surface area contributed by atoms with Gasteiger partial charge in [0.15, 0.2) is 5.82 Å². The number of hydrogen-bond donors (Lipinski definition) is 1. The fraction of sp³-hybridized carbons (Fsp3) is 0.412. The molecule has 0 unspecified atom stereocenters. The molecule has 1 N–H and O–H groups in total. The lowest BCUT2D eigenvalue weighted by atomic mass is 9.82. The van der Waals surface area contributed by atoms with Gasteiger partial charge in [0, 0.05) is 25.8 Å². The van der Waals surface area contributed by atoms with Gasteiger partial charge in [-0.1, -0.05) is 6.07 Å². The van der Waals surface area contributed by atoms with Crippen molar-refractivity contribution in [2.75, 3.05) is 13.1 Å². The number of urea groups is 1. The number of hydrogen-bond acceptors (Lipinski definition) is 7. The molecule has 3 aromatic heterocycles. The molecule has 0 aromatic carbocycles. The third-order valence-electron chi connectivity index (χ3n) is 4.63. The average Bonchev–Trinajstić information content (AvgIpc) is 3.33. The second kappa shape index (κ2) is 6.78. The molecule has 0 bridgehead atoms. The van der Waals surface area contributed by atoms with Crippen molar-refractivity contribution in [3.05, 3.63) is 42.4 Å². The van der Waals surface area contributed by atoms with Crippen LogP contribution in [0.15, 0.2) is 35.1 Å². The molecule has 0 spiro atoms. The van der Waals surface area contributed by atoms with Gasteiger partial charge >= 0.3 is 6.03 Å². The van der Waals surface area contributed by atoms with Crippen LogP contribution in [0.1, 0.15) is 25.6 Å². The van der Waals surface area contributed by atoms with Crippen LogP contribution in [0.5, 0.6) is 0 Å². The normalized spacial score (nSPS) is 15.4. The van der Waals surface area contributed by atoms with Gasteiger partial charge in [0.1, 0.15) is 12.0 Å². The Labute approximate surface area is 155 Å². The molecule has 0 aliphatic carbocycles. The van der Waals surface area contributed by atoms with Gasteiger partial charge in [0.2, 0.25) is 5.89 Å². The summed E-state index contributed by atoms with van der Waals surface area (Å²) in [6, 6.07) is 5.35. The molecular formula is C17H20N8O2. The Balaban J connectivity index is 1.35. The first-order valence-electron chi connectivity index (χ1n) is 8.74. The Hall–Kier alpha value is -3.30. The molecule has 2 amide bonds. The van der Waals surface area contributed by atoms with Crippen molar-refractivity contribution >= 4 is 6.03 Å².